The van der Waals surface area contributed by atoms with E-state index >= 15 is 0 Å². The summed E-state index contributed by atoms with van der Waals surface area (Å²) in [7, 11) is 1.76. The number of nitro groups is 1. The zero-order valence-electron chi connectivity index (χ0n) is 15.5. The molecule has 30 heavy (non-hydrogen) atoms. The summed E-state index contributed by atoms with van der Waals surface area (Å²) in [5.41, 5.74) is 0.00692. The number of rotatable bonds is 8. The summed E-state index contributed by atoms with van der Waals surface area (Å²) in [6.07, 6.45) is 0. The fourth-order valence-corrected chi connectivity index (χ4v) is 3.33. The van der Waals surface area contributed by atoms with Crippen LogP contribution in [0.4, 0.5) is 11.4 Å². The van der Waals surface area contributed by atoms with E-state index in [4.69, 9.17) is 27.9 Å². The maximum absolute atomic E-state index is 12.2. The average Bonchev–Trinajstić information content (AvgIpc) is 3.07. The smallest absolute Gasteiger partial charge is 0.271 e. The predicted molar refractivity (Wildman–Crippen MR) is 114 cm³/mol. The molecule has 156 valence electrons. The van der Waals surface area contributed by atoms with Crippen LogP contribution in [0.2, 0.25) is 10.0 Å². The fourth-order valence-electron chi connectivity index (χ4n) is 2.31. The molecule has 0 aliphatic rings. The van der Waals surface area contributed by atoms with Gasteiger partial charge in [-0.25, -0.2) is 0 Å². The summed E-state index contributed by atoms with van der Waals surface area (Å²) in [4.78, 5) is 22.5. The van der Waals surface area contributed by atoms with E-state index in [0.717, 1.165) is 11.8 Å². The van der Waals surface area contributed by atoms with Gasteiger partial charge >= 0.3 is 0 Å². The largest absolute Gasteiger partial charge is 0.486 e. The van der Waals surface area contributed by atoms with Crippen LogP contribution >= 0.6 is 35.0 Å². The first kappa shape index (κ1) is 21.9. The van der Waals surface area contributed by atoms with E-state index in [2.05, 4.69) is 15.5 Å². The number of thioether (sulfide) groups is 1. The number of non-ortho nitro benzene ring substituents is 1. The monoisotopic (exact) mass is 467 g/mol. The quantitative estimate of drug-likeness (QED) is 0.297. The fraction of sp³-hybridized carbons (Fsp3) is 0.167. The molecule has 1 aromatic heterocycles. The predicted octanol–water partition coefficient (Wildman–Crippen LogP) is 4.34. The van der Waals surface area contributed by atoms with Crippen molar-refractivity contribution in [2.24, 2.45) is 7.05 Å². The van der Waals surface area contributed by atoms with Gasteiger partial charge in [0.1, 0.15) is 12.4 Å². The Labute approximate surface area is 185 Å². The van der Waals surface area contributed by atoms with Crippen molar-refractivity contribution >= 4 is 52.2 Å². The van der Waals surface area contributed by atoms with E-state index in [0.29, 0.717) is 21.8 Å². The molecule has 3 aromatic rings. The SMILES string of the molecule is Cn1c(COc2ccc(Cl)cc2)nnc1SCC(=O)Nc1cc([N+](=O)[O-])ccc1Cl. The lowest BCUT2D eigenvalue weighted by Crippen LogP contribution is -2.15. The molecule has 2 aromatic carbocycles. The van der Waals surface area contributed by atoms with Crippen LogP contribution in [-0.2, 0) is 18.4 Å². The van der Waals surface area contributed by atoms with Crippen LogP contribution in [0.3, 0.4) is 0 Å². The van der Waals surface area contributed by atoms with Crippen molar-refractivity contribution in [3.63, 3.8) is 0 Å². The van der Waals surface area contributed by atoms with E-state index in [9.17, 15) is 14.9 Å². The molecule has 1 amide bonds. The Hall–Kier alpha value is -2.82. The highest BCUT2D eigenvalue weighted by Gasteiger charge is 2.15. The summed E-state index contributed by atoms with van der Waals surface area (Å²) in [6, 6.07) is 10.8. The van der Waals surface area contributed by atoms with Gasteiger partial charge < -0.3 is 14.6 Å². The Morgan fingerprint density at radius 3 is 2.67 bits per heavy atom. The minimum atomic E-state index is -0.562. The molecule has 3 rings (SSSR count). The van der Waals surface area contributed by atoms with E-state index in [1.807, 2.05) is 0 Å². The van der Waals surface area contributed by atoms with Gasteiger partial charge in [-0.05, 0) is 30.3 Å². The molecule has 9 nitrogen and oxygen atoms in total. The lowest BCUT2D eigenvalue weighted by Gasteiger charge is -2.08. The molecule has 1 heterocycles. The van der Waals surface area contributed by atoms with Crippen molar-refractivity contribution in [2.45, 2.75) is 11.8 Å². The second-order valence-electron chi connectivity index (χ2n) is 5.96. The number of anilines is 1. The maximum atomic E-state index is 12.2. The highest BCUT2D eigenvalue weighted by atomic mass is 35.5. The third-order valence-electron chi connectivity index (χ3n) is 3.87. The van der Waals surface area contributed by atoms with Gasteiger partial charge in [-0.1, -0.05) is 35.0 Å². The van der Waals surface area contributed by atoms with Gasteiger partial charge in [-0.3, -0.25) is 14.9 Å². The number of nitro benzene ring substituents is 1. The number of carbonyl (C=O) groups is 1. The van der Waals surface area contributed by atoms with Crippen LogP contribution in [0.1, 0.15) is 5.82 Å². The third-order valence-corrected chi connectivity index (χ3v) is 5.48. The number of nitrogens with one attached hydrogen (secondary N) is 1. The molecule has 0 radical (unpaired) electrons. The van der Waals surface area contributed by atoms with Crippen molar-refractivity contribution in [1.29, 1.82) is 0 Å². The number of ether oxygens (including phenoxy) is 1. The molecule has 0 bridgehead atoms. The summed E-state index contributed by atoms with van der Waals surface area (Å²) in [5.74, 6) is 0.854. The number of benzene rings is 2. The van der Waals surface area contributed by atoms with Gasteiger partial charge in [0, 0.05) is 24.2 Å². The molecule has 0 saturated heterocycles. The van der Waals surface area contributed by atoms with Crippen molar-refractivity contribution in [3.8, 4) is 5.75 Å². The number of halogens is 2. The summed E-state index contributed by atoms with van der Waals surface area (Å²) in [5, 5.41) is 22.9. The Morgan fingerprint density at radius 1 is 1.23 bits per heavy atom. The topological polar surface area (TPSA) is 112 Å². The highest BCUT2D eigenvalue weighted by molar-refractivity contribution is 7.99. The maximum Gasteiger partial charge on any atom is 0.271 e. The Morgan fingerprint density at radius 2 is 1.97 bits per heavy atom. The molecule has 0 saturated carbocycles. The molecular weight excluding hydrogens is 453 g/mol. The zero-order chi connectivity index (χ0) is 21.7. The van der Waals surface area contributed by atoms with Crippen molar-refractivity contribution in [3.05, 3.63) is 68.4 Å². The van der Waals surface area contributed by atoms with Gasteiger partial charge in [-0.15, -0.1) is 10.2 Å². The van der Waals surface area contributed by atoms with Crippen LogP contribution in [0.15, 0.2) is 47.6 Å². The van der Waals surface area contributed by atoms with Gasteiger partial charge in [-0.2, -0.15) is 0 Å². The number of hydrogen-bond donors (Lipinski definition) is 1. The lowest BCUT2D eigenvalue weighted by atomic mass is 10.3. The van der Waals surface area contributed by atoms with Crippen LogP contribution in [-0.4, -0.2) is 31.3 Å². The molecule has 0 fully saturated rings. The van der Waals surface area contributed by atoms with Crippen LogP contribution in [0, 0.1) is 10.1 Å². The molecule has 0 spiro atoms. The summed E-state index contributed by atoms with van der Waals surface area (Å²) < 4.78 is 7.37. The lowest BCUT2D eigenvalue weighted by molar-refractivity contribution is -0.384. The van der Waals surface area contributed by atoms with E-state index in [1.54, 1.807) is 35.9 Å². The molecule has 0 atom stereocenters. The highest BCUT2D eigenvalue weighted by Crippen LogP contribution is 2.27. The van der Waals surface area contributed by atoms with Crippen LogP contribution in [0.25, 0.3) is 0 Å². The minimum absolute atomic E-state index is 0.0169. The third kappa shape index (κ3) is 5.62. The first-order valence-electron chi connectivity index (χ1n) is 8.46. The minimum Gasteiger partial charge on any atom is -0.486 e. The Bertz CT molecular complexity index is 1070. The van der Waals surface area contributed by atoms with Gasteiger partial charge in [0.25, 0.3) is 5.69 Å². The molecule has 12 heteroatoms. The number of hydrogen-bond acceptors (Lipinski definition) is 7. The van der Waals surface area contributed by atoms with Crippen molar-refractivity contribution in [1.82, 2.24) is 14.8 Å². The standard InChI is InChI=1S/C18H15Cl2N5O4S/c1-24-16(9-29-13-5-2-11(19)3-6-13)22-23-18(24)30-10-17(26)21-15-8-12(25(27)28)4-7-14(15)20/h2-8H,9-10H2,1H3,(H,21,26). The number of aromatic nitrogens is 3. The normalized spacial score (nSPS) is 10.6. The Kier molecular flexibility index (Phi) is 7.14. The van der Waals surface area contributed by atoms with Gasteiger partial charge in [0.05, 0.1) is 21.4 Å². The van der Waals surface area contributed by atoms with Crippen molar-refractivity contribution < 1.29 is 14.5 Å². The number of carbonyl (C=O) groups excluding carboxylic acids is 1. The van der Waals surface area contributed by atoms with E-state index in [1.165, 1.54) is 18.2 Å². The number of nitrogens with zero attached hydrogens (tertiary/aromatic N) is 4. The van der Waals surface area contributed by atoms with Gasteiger partial charge in [0.2, 0.25) is 5.91 Å². The summed E-state index contributed by atoms with van der Waals surface area (Å²) >= 11 is 13.0. The molecule has 0 aliphatic carbocycles. The molecule has 0 unspecified atom stereocenters. The Balaban J connectivity index is 1.56. The second kappa shape index (κ2) is 9.79. The first-order chi connectivity index (χ1) is 14.3. The zero-order valence-corrected chi connectivity index (χ0v) is 17.9. The average molecular weight is 468 g/mol. The number of amides is 1. The molecule has 1 N–H and O–H groups in total. The molecule has 0 aliphatic heterocycles. The van der Waals surface area contributed by atoms with E-state index < -0.39 is 4.92 Å². The van der Waals surface area contributed by atoms with E-state index in [-0.39, 0.29) is 34.7 Å². The second-order valence-corrected chi connectivity index (χ2v) is 7.74. The van der Waals surface area contributed by atoms with Crippen LogP contribution < -0.4 is 10.1 Å². The van der Waals surface area contributed by atoms with Crippen LogP contribution in [0.5, 0.6) is 5.75 Å². The molecular formula is C18H15Cl2N5O4S. The van der Waals surface area contributed by atoms with Gasteiger partial charge in [0.15, 0.2) is 11.0 Å². The summed E-state index contributed by atoms with van der Waals surface area (Å²) in [6.45, 7) is 0.196. The first-order valence-corrected chi connectivity index (χ1v) is 10.2. The van der Waals surface area contributed by atoms with Crippen molar-refractivity contribution in [2.75, 3.05) is 11.1 Å².